The average Bonchev–Trinajstić information content (AvgIpc) is 3.27. The van der Waals surface area contributed by atoms with Gasteiger partial charge in [0.05, 0.1) is 0 Å². The van der Waals surface area contributed by atoms with E-state index in [1.807, 2.05) is 34.9 Å². The minimum Gasteiger partial charge on any atom is -0.298 e. The topological polar surface area (TPSA) is 51.0 Å². The van der Waals surface area contributed by atoms with Crippen molar-refractivity contribution in [2.75, 3.05) is 13.1 Å². The highest BCUT2D eigenvalue weighted by Gasteiger charge is 2.46. The molecule has 0 N–H and O–H groups in total. The number of aryl methyl sites for hydroxylation is 2. The Morgan fingerprint density at radius 1 is 0.966 bits per heavy atom. The van der Waals surface area contributed by atoms with Gasteiger partial charge in [-0.05, 0) is 38.8 Å². The van der Waals surface area contributed by atoms with Gasteiger partial charge in [-0.15, -0.1) is 10.2 Å². The van der Waals surface area contributed by atoms with E-state index in [2.05, 4.69) is 47.1 Å². The predicted octanol–water partition coefficient (Wildman–Crippen LogP) is 3.47. The van der Waals surface area contributed by atoms with Crippen LogP contribution in [0.15, 0.2) is 53.3 Å². The Morgan fingerprint density at radius 2 is 1.69 bits per heavy atom. The van der Waals surface area contributed by atoms with Crippen LogP contribution in [0, 0.1) is 13.8 Å². The van der Waals surface area contributed by atoms with E-state index in [9.17, 15) is 4.79 Å². The first-order chi connectivity index (χ1) is 14.0. The maximum Gasteiger partial charge on any atom is 0.280 e. The van der Waals surface area contributed by atoms with Gasteiger partial charge in [0.15, 0.2) is 5.69 Å². The number of benzene rings is 2. The average molecular weight is 386 g/mol. The van der Waals surface area contributed by atoms with E-state index in [0.29, 0.717) is 5.69 Å². The second kappa shape index (κ2) is 6.92. The third kappa shape index (κ3) is 3.19. The summed E-state index contributed by atoms with van der Waals surface area (Å²) in [4.78, 5) is 15.6. The van der Waals surface area contributed by atoms with Crippen LogP contribution >= 0.6 is 0 Å². The summed E-state index contributed by atoms with van der Waals surface area (Å²) in [6, 6.07) is 16.4. The van der Waals surface area contributed by atoms with E-state index in [-0.39, 0.29) is 11.0 Å². The van der Waals surface area contributed by atoms with Crippen LogP contribution in [0.1, 0.15) is 35.4 Å². The number of hydrogen-bond donors (Lipinski definition) is 0. The zero-order valence-corrected chi connectivity index (χ0v) is 17.1. The number of hydrogen-bond acceptors (Lipinski definition) is 4. The quantitative estimate of drug-likeness (QED) is 0.692. The Bertz CT molecular complexity index is 1100. The zero-order chi connectivity index (χ0) is 20.0. The highest BCUT2D eigenvalue weighted by Crippen LogP contribution is 2.41. The van der Waals surface area contributed by atoms with Crippen LogP contribution in [0.2, 0.25) is 0 Å². The fourth-order valence-corrected chi connectivity index (χ4v) is 5.13. The minimum absolute atomic E-state index is 0.00849. The molecule has 2 aromatic carbocycles. The fourth-order valence-electron chi connectivity index (χ4n) is 5.13. The molecule has 1 saturated heterocycles. The Labute approximate surface area is 171 Å². The molecule has 2 aliphatic rings. The lowest BCUT2D eigenvalue weighted by atomic mass is 9.85. The lowest BCUT2D eigenvalue weighted by Gasteiger charge is -2.23. The van der Waals surface area contributed by atoms with E-state index in [4.69, 9.17) is 0 Å². The van der Waals surface area contributed by atoms with Gasteiger partial charge in [0, 0.05) is 30.6 Å². The van der Waals surface area contributed by atoms with Crippen LogP contribution in [0.3, 0.4) is 0 Å². The molecule has 5 nitrogen and oxygen atoms in total. The number of fused-ring (bicyclic) bond motifs is 2. The summed E-state index contributed by atoms with van der Waals surface area (Å²) >= 11 is 0. The molecular weight excluding hydrogens is 360 g/mol. The third-order valence-corrected chi connectivity index (χ3v) is 6.40. The summed E-state index contributed by atoms with van der Waals surface area (Å²) in [6.45, 7) is 7.97. The van der Waals surface area contributed by atoms with Crippen molar-refractivity contribution >= 4 is 0 Å². The molecule has 3 heterocycles. The summed E-state index contributed by atoms with van der Waals surface area (Å²) in [5.74, 6) is 0.880. The van der Waals surface area contributed by atoms with Gasteiger partial charge in [-0.2, -0.15) is 0 Å². The molecule has 0 bridgehead atoms. The summed E-state index contributed by atoms with van der Waals surface area (Å²) in [7, 11) is 0. The lowest BCUT2D eigenvalue weighted by molar-refractivity contribution is 0.299. The molecule has 2 aliphatic heterocycles. The van der Waals surface area contributed by atoms with E-state index < -0.39 is 0 Å². The summed E-state index contributed by atoms with van der Waals surface area (Å²) in [5, 5.41) is 8.96. The normalized spacial score (nSPS) is 21.0. The van der Waals surface area contributed by atoms with Crippen molar-refractivity contribution in [3.8, 4) is 11.3 Å². The van der Waals surface area contributed by atoms with Crippen LogP contribution in [0.5, 0.6) is 0 Å². The van der Waals surface area contributed by atoms with Crippen molar-refractivity contribution in [2.45, 2.75) is 45.2 Å². The van der Waals surface area contributed by atoms with Crippen LogP contribution < -0.4 is 5.56 Å². The first-order valence-electron chi connectivity index (χ1n) is 10.4. The Hall–Kier alpha value is -2.79. The Balaban J connectivity index is 1.42. The van der Waals surface area contributed by atoms with Gasteiger partial charge in [-0.25, -0.2) is 0 Å². The standard InChI is InChI=1S/C24H26N4O/c1-17-12-18(2)14-19(13-17)15-27-10-8-24(16-27)9-11-28-22(29)21(25-26-23(24)28)20-6-4-3-5-7-20/h3-7,12-14H,8-11,15-16H2,1-2H3. The van der Waals surface area contributed by atoms with Crippen LogP contribution in [0.4, 0.5) is 0 Å². The molecule has 0 saturated carbocycles. The molecule has 1 unspecified atom stereocenters. The van der Waals surface area contributed by atoms with Crippen molar-refractivity contribution in [1.29, 1.82) is 0 Å². The largest absolute Gasteiger partial charge is 0.298 e. The smallest absolute Gasteiger partial charge is 0.280 e. The molecule has 1 fully saturated rings. The zero-order valence-electron chi connectivity index (χ0n) is 17.1. The molecule has 0 aliphatic carbocycles. The Morgan fingerprint density at radius 3 is 2.45 bits per heavy atom. The third-order valence-electron chi connectivity index (χ3n) is 6.40. The molecule has 0 amide bonds. The predicted molar refractivity (Wildman–Crippen MR) is 114 cm³/mol. The van der Waals surface area contributed by atoms with Crippen molar-refractivity contribution in [3.05, 3.63) is 81.4 Å². The molecule has 148 valence electrons. The molecule has 5 rings (SSSR count). The van der Waals surface area contributed by atoms with Gasteiger partial charge in [0.2, 0.25) is 0 Å². The molecule has 3 aromatic rings. The van der Waals surface area contributed by atoms with Gasteiger partial charge < -0.3 is 0 Å². The summed E-state index contributed by atoms with van der Waals surface area (Å²) < 4.78 is 1.87. The number of likely N-dealkylation sites (tertiary alicyclic amines) is 1. The molecular formula is C24H26N4O. The summed E-state index contributed by atoms with van der Waals surface area (Å²) in [5.41, 5.74) is 5.23. The van der Waals surface area contributed by atoms with Crippen molar-refractivity contribution in [1.82, 2.24) is 19.7 Å². The molecule has 5 heteroatoms. The number of rotatable bonds is 3. The molecule has 29 heavy (non-hydrogen) atoms. The van der Waals surface area contributed by atoms with E-state index in [0.717, 1.165) is 50.4 Å². The minimum atomic E-state index is -0.0414. The van der Waals surface area contributed by atoms with Gasteiger partial charge in [0.25, 0.3) is 5.56 Å². The van der Waals surface area contributed by atoms with Crippen LogP contribution in [-0.2, 0) is 18.5 Å². The van der Waals surface area contributed by atoms with Crippen LogP contribution in [0.25, 0.3) is 11.3 Å². The number of nitrogens with zero attached hydrogens (tertiary/aromatic N) is 4. The maximum atomic E-state index is 13.1. The van der Waals surface area contributed by atoms with Crippen molar-refractivity contribution in [2.24, 2.45) is 0 Å². The second-order valence-corrected chi connectivity index (χ2v) is 8.68. The monoisotopic (exact) mass is 386 g/mol. The maximum absolute atomic E-state index is 13.1. The molecule has 1 spiro atoms. The highest BCUT2D eigenvalue weighted by atomic mass is 16.1. The van der Waals surface area contributed by atoms with Gasteiger partial charge >= 0.3 is 0 Å². The summed E-state index contributed by atoms with van der Waals surface area (Å²) in [6.07, 6.45) is 2.01. The first-order valence-corrected chi connectivity index (χ1v) is 10.4. The highest BCUT2D eigenvalue weighted by molar-refractivity contribution is 5.57. The Kier molecular flexibility index (Phi) is 4.36. The molecule has 1 aromatic heterocycles. The van der Waals surface area contributed by atoms with E-state index in [1.165, 1.54) is 16.7 Å². The van der Waals surface area contributed by atoms with Gasteiger partial charge in [-0.1, -0.05) is 59.7 Å². The molecule has 0 radical (unpaired) electrons. The van der Waals surface area contributed by atoms with Gasteiger partial charge in [-0.3, -0.25) is 14.3 Å². The van der Waals surface area contributed by atoms with Crippen LogP contribution in [-0.4, -0.2) is 32.8 Å². The number of aromatic nitrogens is 3. The van der Waals surface area contributed by atoms with Crippen molar-refractivity contribution < 1.29 is 0 Å². The SMILES string of the molecule is Cc1cc(C)cc(CN2CCC3(CCn4c3nnc(-c3ccccc3)c4=O)C2)c1. The van der Waals surface area contributed by atoms with Gasteiger partial charge in [0.1, 0.15) is 5.82 Å². The first kappa shape index (κ1) is 18.3. The lowest BCUT2D eigenvalue weighted by Crippen LogP contribution is -2.33. The van der Waals surface area contributed by atoms with E-state index >= 15 is 0 Å². The van der Waals surface area contributed by atoms with Crippen molar-refractivity contribution in [3.63, 3.8) is 0 Å². The fraction of sp³-hybridized carbons (Fsp3) is 0.375. The molecule has 1 atom stereocenters. The van der Waals surface area contributed by atoms with E-state index in [1.54, 1.807) is 0 Å². The second-order valence-electron chi connectivity index (χ2n) is 8.68.